The van der Waals surface area contributed by atoms with Crippen LogP contribution in [0.5, 0.6) is 0 Å². The van der Waals surface area contributed by atoms with Crippen LogP contribution in [0, 0.1) is 3.57 Å². The van der Waals surface area contributed by atoms with Gasteiger partial charge >= 0.3 is 0 Å². The van der Waals surface area contributed by atoms with Crippen LogP contribution in [0.25, 0.3) is 11.5 Å². The summed E-state index contributed by atoms with van der Waals surface area (Å²) in [5, 5.41) is 11.2. The number of rotatable bonds is 4. The van der Waals surface area contributed by atoms with Crippen LogP contribution in [0.4, 0.5) is 0 Å². The van der Waals surface area contributed by atoms with Crippen molar-refractivity contribution in [2.45, 2.75) is 13.5 Å². The molecule has 0 amide bonds. The van der Waals surface area contributed by atoms with E-state index in [1.54, 1.807) is 0 Å². The zero-order valence-corrected chi connectivity index (χ0v) is 12.9. The minimum Gasteiger partial charge on any atom is -0.419 e. The van der Waals surface area contributed by atoms with Crippen molar-refractivity contribution in [3.05, 3.63) is 32.1 Å². The van der Waals surface area contributed by atoms with Crippen molar-refractivity contribution >= 4 is 38.5 Å². The van der Waals surface area contributed by atoms with Gasteiger partial charge in [-0.25, -0.2) is 0 Å². The summed E-state index contributed by atoms with van der Waals surface area (Å²) < 4.78 is 7.68. The molecule has 2 rings (SSSR count). The van der Waals surface area contributed by atoms with Gasteiger partial charge in [-0.1, -0.05) is 22.9 Å². The minimum atomic E-state index is 0.559. The molecule has 4 nitrogen and oxygen atoms in total. The highest BCUT2D eigenvalue weighted by Crippen LogP contribution is 2.27. The standard InChI is InChI=1S/C11H11BrIN3O/c1-2-14-6-10-15-16-11(17-10)8-5-7(12)3-4-9(8)13/h3-5,14H,2,6H2,1H3. The van der Waals surface area contributed by atoms with Gasteiger partial charge in [-0.15, -0.1) is 10.2 Å². The summed E-state index contributed by atoms with van der Waals surface area (Å²) in [6.45, 7) is 3.52. The van der Waals surface area contributed by atoms with E-state index in [9.17, 15) is 0 Å². The third kappa shape index (κ3) is 3.26. The molecule has 0 aliphatic rings. The first kappa shape index (κ1) is 13.0. The summed E-state index contributed by atoms with van der Waals surface area (Å²) >= 11 is 5.69. The van der Waals surface area contributed by atoms with Gasteiger partial charge in [0.2, 0.25) is 11.8 Å². The molecule has 1 aromatic carbocycles. The Hall–Kier alpha value is -0.470. The van der Waals surface area contributed by atoms with Crippen LogP contribution in [-0.2, 0) is 6.54 Å². The van der Waals surface area contributed by atoms with E-state index in [0.717, 1.165) is 20.2 Å². The lowest BCUT2D eigenvalue weighted by Gasteiger charge is -1.99. The molecule has 0 aliphatic carbocycles. The number of benzene rings is 1. The molecule has 0 radical (unpaired) electrons. The van der Waals surface area contributed by atoms with Crippen molar-refractivity contribution in [2.75, 3.05) is 6.54 Å². The maximum absolute atomic E-state index is 5.60. The van der Waals surface area contributed by atoms with Crippen LogP contribution < -0.4 is 5.32 Å². The van der Waals surface area contributed by atoms with E-state index < -0.39 is 0 Å². The fraction of sp³-hybridized carbons (Fsp3) is 0.273. The molecule has 0 saturated carbocycles. The van der Waals surface area contributed by atoms with Crippen LogP contribution >= 0.6 is 38.5 Å². The fourth-order valence-corrected chi connectivity index (χ4v) is 2.25. The minimum absolute atomic E-state index is 0.559. The second-order valence-corrected chi connectivity index (χ2v) is 5.48. The van der Waals surface area contributed by atoms with Crippen LogP contribution in [0.3, 0.4) is 0 Å². The number of nitrogens with one attached hydrogen (secondary N) is 1. The van der Waals surface area contributed by atoms with E-state index in [-0.39, 0.29) is 0 Å². The Balaban J connectivity index is 2.27. The average molecular weight is 408 g/mol. The van der Waals surface area contributed by atoms with Gasteiger partial charge in [0.15, 0.2) is 0 Å². The van der Waals surface area contributed by atoms with Crippen molar-refractivity contribution in [2.24, 2.45) is 0 Å². The highest BCUT2D eigenvalue weighted by Gasteiger charge is 2.11. The van der Waals surface area contributed by atoms with E-state index in [4.69, 9.17) is 4.42 Å². The number of nitrogens with zero attached hydrogens (tertiary/aromatic N) is 2. The Morgan fingerprint density at radius 3 is 3.00 bits per heavy atom. The number of aromatic nitrogens is 2. The normalized spacial score (nSPS) is 10.8. The highest BCUT2D eigenvalue weighted by molar-refractivity contribution is 14.1. The summed E-state index contributed by atoms with van der Waals surface area (Å²) in [6.07, 6.45) is 0. The van der Waals surface area contributed by atoms with Gasteiger partial charge in [0, 0.05) is 8.04 Å². The van der Waals surface area contributed by atoms with Crippen LogP contribution in [0.1, 0.15) is 12.8 Å². The molecule has 17 heavy (non-hydrogen) atoms. The molecule has 0 unspecified atom stereocenters. The molecule has 0 atom stereocenters. The summed E-state index contributed by atoms with van der Waals surface area (Å²) in [5.74, 6) is 1.17. The largest absolute Gasteiger partial charge is 0.419 e. The third-order valence-electron chi connectivity index (χ3n) is 2.15. The summed E-state index contributed by atoms with van der Waals surface area (Å²) in [5.41, 5.74) is 0.954. The first-order valence-electron chi connectivity index (χ1n) is 5.19. The summed E-state index contributed by atoms with van der Waals surface area (Å²) in [4.78, 5) is 0. The van der Waals surface area contributed by atoms with Crippen LogP contribution in [-0.4, -0.2) is 16.7 Å². The SMILES string of the molecule is CCNCc1nnc(-c2cc(Br)ccc2I)o1. The maximum atomic E-state index is 5.60. The van der Waals surface area contributed by atoms with Gasteiger partial charge in [0.05, 0.1) is 12.1 Å². The Morgan fingerprint density at radius 2 is 2.24 bits per heavy atom. The number of hydrogen-bond donors (Lipinski definition) is 1. The zero-order chi connectivity index (χ0) is 12.3. The fourth-order valence-electron chi connectivity index (χ4n) is 1.33. The van der Waals surface area contributed by atoms with Crippen LogP contribution in [0.15, 0.2) is 27.1 Å². The molecule has 0 spiro atoms. The van der Waals surface area contributed by atoms with Crippen molar-refractivity contribution < 1.29 is 4.42 Å². The molecule has 90 valence electrons. The van der Waals surface area contributed by atoms with Crippen molar-refractivity contribution in [1.82, 2.24) is 15.5 Å². The predicted octanol–water partition coefficient (Wildman–Crippen LogP) is 3.21. The van der Waals surface area contributed by atoms with Gasteiger partial charge in [-0.2, -0.15) is 0 Å². The second-order valence-electron chi connectivity index (χ2n) is 3.41. The number of hydrogen-bond acceptors (Lipinski definition) is 4. The summed E-state index contributed by atoms with van der Waals surface area (Å²) in [7, 11) is 0. The Morgan fingerprint density at radius 1 is 1.41 bits per heavy atom. The van der Waals surface area contributed by atoms with E-state index >= 15 is 0 Å². The molecule has 1 N–H and O–H groups in total. The van der Waals surface area contributed by atoms with Gasteiger partial charge in [0.1, 0.15) is 0 Å². The van der Waals surface area contributed by atoms with Crippen molar-refractivity contribution in [3.63, 3.8) is 0 Å². The lowest BCUT2D eigenvalue weighted by Crippen LogP contribution is -2.11. The lowest BCUT2D eigenvalue weighted by atomic mass is 10.2. The Bertz CT molecular complexity index is 515. The third-order valence-corrected chi connectivity index (χ3v) is 3.59. The second kappa shape index (κ2) is 5.92. The molecular weight excluding hydrogens is 397 g/mol. The predicted molar refractivity (Wildman–Crippen MR) is 77.5 cm³/mol. The van der Waals surface area contributed by atoms with E-state index in [2.05, 4.69) is 54.0 Å². The molecule has 0 saturated heterocycles. The van der Waals surface area contributed by atoms with E-state index in [1.165, 1.54) is 0 Å². The van der Waals surface area contributed by atoms with Gasteiger partial charge in [-0.05, 0) is 47.3 Å². The molecule has 0 aliphatic heterocycles. The monoisotopic (exact) mass is 407 g/mol. The Labute approximate surface area is 121 Å². The molecule has 0 fully saturated rings. The van der Waals surface area contributed by atoms with Crippen molar-refractivity contribution in [1.29, 1.82) is 0 Å². The molecule has 1 aromatic heterocycles. The topological polar surface area (TPSA) is 51.0 Å². The molecule has 2 aromatic rings. The molecule has 6 heteroatoms. The molecule has 1 heterocycles. The maximum Gasteiger partial charge on any atom is 0.248 e. The smallest absolute Gasteiger partial charge is 0.248 e. The quantitative estimate of drug-likeness (QED) is 0.790. The van der Waals surface area contributed by atoms with Crippen molar-refractivity contribution in [3.8, 4) is 11.5 Å². The molecule has 0 bridgehead atoms. The van der Waals surface area contributed by atoms with Gasteiger partial charge in [0.25, 0.3) is 0 Å². The molecular formula is C11H11BrIN3O. The first-order chi connectivity index (χ1) is 8.20. The zero-order valence-electron chi connectivity index (χ0n) is 9.20. The summed E-state index contributed by atoms with van der Waals surface area (Å²) in [6, 6.07) is 5.97. The number of halogens is 2. The highest BCUT2D eigenvalue weighted by atomic mass is 127. The average Bonchev–Trinajstić information content (AvgIpc) is 2.78. The lowest BCUT2D eigenvalue weighted by molar-refractivity contribution is 0.482. The van der Waals surface area contributed by atoms with E-state index in [1.807, 2.05) is 25.1 Å². The Kier molecular flexibility index (Phi) is 4.52. The van der Waals surface area contributed by atoms with Crippen LogP contribution in [0.2, 0.25) is 0 Å². The van der Waals surface area contributed by atoms with Gasteiger partial charge < -0.3 is 9.73 Å². The first-order valence-corrected chi connectivity index (χ1v) is 7.06. The van der Waals surface area contributed by atoms with Gasteiger partial charge in [-0.3, -0.25) is 0 Å². The van der Waals surface area contributed by atoms with E-state index in [0.29, 0.717) is 18.3 Å².